The largest absolute Gasteiger partial charge is 0.459 e. The molecule has 0 bridgehead atoms. The van der Waals surface area contributed by atoms with Gasteiger partial charge in [-0.15, -0.1) is 11.3 Å². The summed E-state index contributed by atoms with van der Waals surface area (Å²) in [6.07, 6.45) is -0.113. The third-order valence-corrected chi connectivity index (χ3v) is 5.86. The monoisotopic (exact) mass is 403 g/mol. The fourth-order valence-electron chi connectivity index (χ4n) is 2.24. The Bertz CT molecular complexity index is 874. The maximum Gasteiger partial charge on any atom is 0.338 e. The van der Waals surface area contributed by atoms with Crippen LogP contribution >= 0.6 is 34.7 Å². The summed E-state index contributed by atoms with van der Waals surface area (Å²) in [6.45, 7) is 3.68. The molecule has 2 aromatic carbocycles. The maximum atomic E-state index is 11.9. The van der Waals surface area contributed by atoms with E-state index in [4.69, 9.17) is 16.3 Å². The summed E-state index contributed by atoms with van der Waals surface area (Å²) in [5.41, 5.74) is 3.73. The van der Waals surface area contributed by atoms with Crippen molar-refractivity contribution in [3.63, 3.8) is 0 Å². The minimum atomic E-state index is -0.285. The van der Waals surface area contributed by atoms with Crippen molar-refractivity contribution in [3.05, 3.63) is 70.1 Å². The van der Waals surface area contributed by atoms with Crippen LogP contribution in [0.2, 0.25) is 5.02 Å². The van der Waals surface area contributed by atoms with Crippen LogP contribution in [0.1, 0.15) is 29.8 Å². The number of carbonyl (C=O) groups is 1. The van der Waals surface area contributed by atoms with Crippen molar-refractivity contribution in [2.45, 2.75) is 30.0 Å². The van der Waals surface area contributed by atoms with E-state index in [0.29, 0.717) is 5.56 Å². The SMILES string of the molecule is CC(C)OC(=O)c1ccc(CSc2nc(-c3ccc(Cl)cc3)cs2)cc1. The van der Waals surface area contributed by atoms with Gasteiger partial charge in [0, 0.05) is 21.7 Å². The third kappa shape index (κ3) is 5.10. The topological polar surface area (TPSA) is 39.2 Å². The molecule has 1 aromatic heterocycles. The van der Waals surface area contributed by atoms with Gasteiger partial charge in [-0.1, -0.05) is 47.6 Å². The van der Waals surface area contributed by atoms with Gasteiger partial charge in [0.1, 0.15) is 0 Å². The van der Waals surface area contributed by atoms with Crippen LogP contribution in [0.15, 0.2) is 58.3 Å². The summed E-state index contributed by atoms with van der Waals surface area (Å²) in [7, 11) is 0. The molecular formula is C20H18ClNO2S2. The molecule has 134 valence electrons. The molecule has 3 nitrogen and oxygen atoms in total. The first-order valence-corrected chi connectivity index (χ1v) is 10.4. The molecule has 0 N–H and O–H groups in total. The second-order valence-electron chi connectivity index (χ2n) is 5.95. The summed E-state index contributed by atoms with van der Waals surface area (Å²) < 4.78 is 6.21. The van der Waals surface area contributed by atoms with Gasteiger partial charge in [-0.2, -0.15) is 0 Å². The van der Waals surface area contributed by atoms with Crippen molar-refractivity contribution in [2.75, 3.05) is 0 Å². The van der Waals surface area contributed by atoms with Crippen molar-refractivity contribution in [1.82, 2.24) is 4.98 Å². The van der Waals surface area contributed by atoms with Gasteiger partial charge in [-0.3, -0.25) is 0 Å². The number of hydrogen-bond acceptors (Lipinski definition) is 5. The van der Waals surface area contributed by atoms with E-state index in [1.165, 1.54) is 0 Å². The minimum absolute atomic E-state index is 0.113. The zero-order valence-corrected chi connectivity index (χ0v) is 16.8. The van der Waals surface area contributed by atoms with E-state index in [1.54, 1.807) is 23.1 Å². The molecule has 0 unspecified atom stereocenters. The van der Waals surface area contributed by atoms with Crippen molar-refractivity contribution in [2.24, 2.45) is 0 Å². The number of halogens is 1. The molecule has 6 heteroatoms. The van der Waals surface area contributed by atoms with E-state index in [2.05, 4.69) is 10.4 Å². The second-order valence-corrected chi connectivity index (χ2v) is 8.46. The van der Waals surface area contributed by atoms with E-state index >= 15 is 0 Å². The number of rotatable bonds is 6. The Kier molecular flexibility index (Phi) is 6.35. The first-order valence-electron chi connectivity index (χ1n) is 8.15. The molecule has 0 radical (unpaired) electrons. The van der Waals surface area contributed by atoms with Crippen LogP contribution in [0, 0.1) is 0 Å². The van der Waals surface area contributed by atoms with E-state index in [0.717, 1.165) is 31.9 Å². The lowest BCUT2D eigenvalue weighted by Crippen LogP contribution is -2.11. The van der Waals surface area contributed by atoms with Gasteiger partial charge in [0.25, 0.3) is 0 Å². The van der Waals surface area contributed by atoms with Crippen LogP contribution in [0.25, 0.3) is 11.3 Å². The minimum Gasteiger partial charge on any atom is -0.459 e. The Morgan fingerprint density at radius 1 is 1.15 bits per heavy atom. The number of nitrogens with zero attached hydrogens (tertiary/aromatic N) is 1. The normalized spacial score (nSPS) is 10.9. The lowest BCUT2D eigenvalue weighted by molar-refractivity contribution is 0.0378. The lowest BCUT2D eigenvalue weighted by Gasteiger charge is -2.08. The van der Waals surface area contributed by atoms with Crippen molar-refractivity contribution < 1.29 is 9.53 Å². The van der Waals surface area contributed by atoms with Gasteiger partial charge in [0.15, 0.2) is 4.34 Å². The maximum absolute atomic E-state index is 11.9. The number of esters is 1. The van der Waals surface area contributed by atoms with Gasteiger partial charge in [-0.05, 0) is 43.7 Å². The van der Waals surface area contributed by atoms with Crippen LogP contribution in [-0.2, 0) is 10.5 Å². The molecule has 0 amide bonds. The van der Waals surface area contributed by atoms with Gasteiger partial charge < -0.3 is 4.74 Å². The van der Waals surface area contributed by atoms with Gasteiger partial charge in [0.2, 0.25) is 0 Å². The highest BCUT2D eigenvalue weighted by Crippen LogP contribution is 2.30. The van der Waals surface area contributed by atoms with Crippen molar-refractivity contribution in [3.8, 4) is 11.3 Å². The molecule has 0 aliphatic heterocycles. The number of aromatic nitrogens is 1. The average Bonchev–Trinajstić information content (AvgIpc) is 3.09. The summed E-state index contributed by atoms with van der Waals surface area (Å²) in [5.74, 6) is 0.513. The predicted molar refractivity (Wildman–Crippen MR) is 109 cm³/mol. The first-order chi connectivity index (χ1) is 12.5. The van der Waals surface area contributed by atoms with Gasteiger partial charge in [-0.25, -0.2) is 9.78 Å². The summed E-state index contributed by atoms with van der Waals surface area (Å²) >= 11 is 9.24. The Labute approximate surface area is 166 Å². The molecule has 0 aliphatic rings. The average molecular weight is 404 g/mol. The Morgan fingerprint density at radius 3 is 2.50 bits per heavy atom. The fraction of sp³-hybridized carbons (Fsp3) is 0.200. The third-order valence-electron chi connectivity index (χ3n) is 3.52. The fourth-order valence-corrected chi connectivity index (χ4v) is 4.16. The molecule has 0 aliphatic carbocycles. The number of ether oxygens (including phenoxy) is 1. The predicted octanol–water partition coefficient (Wildman–Crippen LogP) is 6.32. The van der Waals surface area contributed by atoms with E-state index in [1.807, 2.05) is 62.4 Å². The Balaban J connectivity index is 1.59. The molecule has 26 heavy (non-hydrogen) atoms. The molecule has 3 aromatic rings. The molecule has 0 spiro atoms. The molecule has 0 saturated heterocycles. The summed E-state index contributed by atoms with van der Waals surface area (Å²) in [6, 6.07) is 15.2. The van der Waals surface area contributed by atoms with Crippen LogP contribution < -0.4 is 0 Å². The highest BCUT2D eigenvalue weighted by molar-refractivity contribution is 8.00. The van der Waals surface area contributed by atoms with Gasteiger partial charge in [0.05, 0.1) is 17.4 Å². The van der Waals surface area contributed by atoms with Crippen LogP contribution in [0.3, 0.4) is 0 Å². The number of hydrogen-bond donors (Lipinski definition) is 0. The van der Waals surface area contributed by atoms with Crippen LogP contribution in [0.5, 0.6) is 0 Å². The Hall–Kier alpha value is -1.82. The molecule has 1 heterocycles. The number of thiazole rings is 1. The van der Waals surface area contributed by atoms with Crippen molar-refractivity contribution >= 4 is 40.7 Å². The summed E-state index contributed by atoms with van der Waals surface area (Å²) in [5, 5.41) is 2.77. The highest BCUT2D eigenvalue weighted by Gasteiger charge is 2.09. The smallest absolute Gasteiger partial charge is 0.338 e. The second kappa shape index (κ2) is 8.71. The van der Waals surface area contributed by atoms with E-state index in [-0.39, 0.29) is 12.1 Å². The zero-order valence-electron chi connectivity index (χ0n) is 14.4. The van der Waals surface area contributed by atoms with E-state index < -0.39 is 0 Å². The highest BCUT2D eigenvalue weighted by atomic mass is 35.5. The van der Waals surface area contributed by atoms with E-state index in [9.17, 15) is 4.79 Å². The molecule has 0 fully saturated rings. The van der Waals surface area contributed by atoms with Crippen molar-refractivity contribution in [1.29, 1.82) is 0 Å². The summed E-state index contributed by atoms with van der Waals surface area (Å²) in [4.78, 5) is 16.5. The zero-order chi connectivity index (χ0) is 18.5. The Morgan fingerprint density at radius 2 is 1.85 bits per heavy atom. The molecule has 3 rings (SSSR count). The number of thioether (sulfide) groups is 1. The number of carbonyl (C=O) groups excluding carboxylic acids is 1. The van der Waals surface area contributed by atoms with Crippen LogP contribution in [-0.4, -0.2) is 17.1 Å². The lowest BCUT2D eigenvalue weighted by atomic mass is 10.1. The molecule has 0 saturated carbocycles. The standard InChI is InChI=1S/C20H18ClNO2S2/c1-13(2)24-19(23)16-5-3-14(4-6-16)11-25-20-22-18(12-26-20)15-7-9-17(21)10-8-15/h3-10,12-13H,11H2,1-2H3. The first kappa shape index (κ1) is 19.0. The quantitative estimate of drug-likeness (QED) is 0.356. The van der Waals surface area contributed by atoms with Crippen LogP contribution in [0.4, 0.5) is 0 Å². The number of benzene rings is 2. The van der Waals surface area contributed by atoms with Gasteiger partial charge >= 0.3 is 5.97 Å². The molecular weight excluding hydrogens is 386 g/mol. The molecule has 0 atom stereocenters.